The van der Waals surface area contributed by atoms with Gasteiger partial charge in [-0.05, 0) is 31.9 Å². The van der Waals surface area contributed by atoms with E-state index in [1.54, 1.807) is 9.58 Å². The molecule has 0 aliphatic carbocycles. The molecule has 0 saturated heterocycles. The van der Waals surface area contributed by atoms with E-state index in [0.717, 1.165) is 37.1 Å². The molecule has 0 aliphatic heterocycles. The first-order valence-corrected chi connectivity index (χ1v) is 15.9. The minimum atomic E-state index is -0.183. The van der Waals surface area contributed by atoms with Crippen LogP contribution in [-0.4, -0.2) is 39.6 Å². The van der Waals surface area contributed by atoms with E-state index < -0.39 is 0 Å². The number of carbonyl (C=O) groups is 2. The molecule has 0 saturated carbocycles. The van der Waals surface area contributed by atoms with Crippen LogP contribution in [0, 0.1) is 6.92 Å². The van der Waals surface area contributed by atoms with Crippen LogP contribution in [-0.2, 0) is 15.0 Å². The Morgan fingerprint density at radius 2 is 1.38 bits per heavy atom. The maximum Gasteiger partial charge on any atom is 0.245 e. The molecule has 1 aromatic heterocycles. The topological polar surface area (TPSA) is 67.2 Å². The number of amides is 2. The molecular weight excluding hydrogens is 496 g/mol. The Bertz CT molecular complexity index is 1000. The number of aromatic nitrogens is 2. The molecule has 0 bridgehead atoms. The van der Waals surface area contributed by atoms with Crippen molar-refractivity contribution in [3.05, 3.63) is 41.6 Å². The molecule has 1 N–H and O–H groups in total. The van der Waals surface area contributed by atoms with Crippen molar-refractivity contribution in [3.63, 3.8) is 0 Å². The van der Waals surface area contributed by atoms with E-state index in [1.165, 1.54) is 63.4 Å². The molecule has 0 fully saturated rings. The Morgan fingerprint density at radius 3 is 1.93 bits per heavy atom. The second-order valence-corrected chi connectivity index (χ2v) is 12.4. The molecule has 0 atom stereocenters. The monoisotopic (exact) mass is 552 g/mol. The van der Waals surface area contributed by atoms with Gasteiger partial charge in [0, 0.05) is 24.4 Å². The Balaban J connectivity index is 1.89. The van der Waals surface area contributed by atoms with Gasteiger partial charge in [-0.2, -0.15) is 5.10 Å². The Kier molecular flexibility index (Phi) is 15.1. The van der Waals surface area contributed by atoms with Crippen LogP contribution in [0.3, 0.4) is 0 Å². The number of rotatable bonds is 19. The van der Waals surface area contributed by atoms with Gasteiger partial charge in [0.05, 0.1) is 17.9 Å². The highest BCUT2D eigenvalue weighted by molar-refractivity contribution is 5.94. The van der Waals surface area contributed by atoms with Crippen LogP contribution in [0.2, 0.25) is 0 Å². The van der Waals surface area contributed by atoms with Crippen molar-refractivity contribution >= 4 is 17.6 Å². The summed E-state index contributed by atoms with van der Waals surface area (Å²) in [4.78, 5) is 28.0. The summed E-state index contributed by atoms with van der Waals surface area (Å²) in [6.07, 6.45) is 16.2. The fourth-order valence-corrected chi connectivity index (χ4v) is 4.81. The van der Waals surface area contributed by atoms with Gasteiger partial charge in [-0.1, -0.05) is 123 Å². The highest BCUT2D eigenvalue weighted by Crippen LogP contribution is 2.26. The molecular formula is C34H56N4O2. The van der Waals surface area contributed by atoms with Gasteiger partial charge < -0.3 is 10.2 Å². The van der Waals surface area contributed by atoms with Gasteiger partial charge in [0.2, 0.25) is 11.8 Å². The highest BCUT2D eigenvalue weighted by atomic mass is 16.2. The first kappa shape index (κ1) is 33.6. The first-order valence-electron chi connectivity index (χ1n) is 15.9. The Labute approximate surface area is 244 Å². The zero-order valence-corrected chi connectivity index (χ0v) is 26.4. The summed E-state index contributed by atoms with van der Waals surface area (Å²) < 4.78 is 1.79. The van der Waals surface area contributed by atoms with Crippen LogP contribution in [0.1, 0.15) is 136 Å². The number of nitrogens with one attached hydrogen (secondary N) is 1. The molecule has 224 valence electrons. The summed E-state index contributed by atoms with van der Waals surface area (Å²) in [6, 6.07) is 10.0. The van der Waals surface area contributed by atoms with Gasteiger partial charge in [-0.15, -0.1) is 0 Å². The molecule has 6 heteroatoms. The van der Waals surface area contributed by atoms with E-state index in [4.69, 9.17) is 5.10 Å². The zero-order chi connectivity index (χ0) is 29.4. The van der Waals surface area contributed by atoms with Gasteiger partial charge >= 0.3 is 0 Å². The van der Waals surface area contributed by atoms with Crippen LogP contribution in [0.4, 0.5) is 5.82 Å². The largest absolute Gasteiger partial charge is 0.333 e. The fourth-order valence-electron chi connectivity index (χ4n) is 4.81. The van der Waals surface area contributed by atoms with E-state index in [1.807, 2.05) is 30.3 Å². The van der Waals surface area contributed by atoms with Gasteiger partial charge in [-0.3, -0.25) is 9.59 Å². The average Bonchev–Trinajstić information content (AvgIpc) is 3.34. The Hall–Kier alpha value is -2.63. The summed E-state index contributed by atoms with van der Waals surface area (Å²) >= 11 is 0. The number of anilines is 1. The average molecular weight is 553 g/mol. The second-order valence-electron chi connectivity index (χ2n) is 12.4. The number of hydrogen-bond acceptors (Lipinski definition) is 3. The van der Waals surface area contributed by atoms with E-state index >= 15 is 0 Å². The predicted octanol–water partition coefficient (Wildman–Crippen LogP) is 8.75. The number of benzene rings is 1. The molecule has 1 heterocycles. The fraction of sp³-hybridized carbons (Fsp3) is 0.676. The van der Waals surface area contributed by atoms with Gasteiger partial charge in [-0.25, -0.2) is 4.68 Å². The molecule has 0 aliphatic rings. The summed E-state index contributed by atoms with van der Waals surface area (Å²) in [6.45, 7) is 13.4. The third-order valence-electron chi connectivity index (χ3n) is 7.49. The van der Waals surface area contributed by atoms with E-state index in [2.05, 4.69) is 46.9 Å². The summed E-state index contributed by atoms with van der Waals surface area (Å²) in [5.41, 5.74) is 2.80. The van der Waals surface area contributed by atoms with Gasteiger partial charge in [0.15, 0.2) is 0 Å². The molecule has 2 rings (SSSR count). The molecule has 2 amide bonds. The molecule has 6 nitrogen and oxygen atoms in total. The number of carbonyl (C=O) groups excluding carboxylic acids is 2. The standard InChI is InChI=1S/C34H56N4O2/c1-7-9-11-12-13-14-15-16-17-18-19-20-33(40)37(25-10-8-2)27-32(39)35-31-26-30(34(4,5)6)36-38(31)29-23-21-28(3)22-24-29/h21-24,26H,7-20,25,27H2,1-6H3,(H,35,39). The minimum absolute atomic E-state index is 0.0702. The summed E-state index contributed by atoms with van der Waals surface area (Å²) in [5.74, 6) is 0.533. The molecule has 1 aromatic carbocycles. The second kappa shape index (κ2) is 17.9. The third-order valence-corrected chi connectivity index (χ3v) is 7.49. The van der Waals surface area contributed by atoms with Crippen molar-refractivity contribution in [1.29, 1.82) is 0 Å². The lowest BCUT2D eigenvalue weighted by Gasteiger charge is -2.22. The summed E-state index contributed by atoms with van der Waals surface area (Å²) in [7, 11) is 0. The van der Waals surface area contributed by atoms with Crippen molar-refractivity contribution in [2.75, 3.05) is 18.4 Å². The van der Waals surface area contributed by atoms with Crippen LogP contribution in [0.15, 0.2) is 30.3 Å². The van der Waals surface area contributed by atoms with Crippen molar-refractivity contribution in [2.45, 2.75) is 137 Å². The van der Waals surface area contributed by atoms with Crippen molar-refractivity contribution < 1.29 is 9.59 Å². The maximum atomic E-state index is 13.2. The van der Waals surface area contributed by atoms with Crippen LogP contribution in [0.25, 0.3) is 5.69 Å². The number of nitrogens with zero attached hydrogens (tertiary/aromatic N) is 3. The van der Waals surface area contributed by atoms with E-state index in [9.17, 15) is 9.59 Å². The first-order chi connectivity index (χ1) is 19.2. The molecule has 0 unspecified atom stereocenters. The molecule has 0 radical (unpaired) electrons. The molecule has 0 spiro atoms. The maximum absolute atomic E-state index is 13.2. The Morgan fingerprint density at radius 1 is 0.825 bits per heavy atom. The van der Waals surface area contributed by atoms with Crippen molar-refractivity contribution in [2.24, 2.45) is 0 Å². The highest BCUT2D eigenvalue weighted by Gasteiger charge is 2.23. The number of hydrogen-bond donors (Lipinski definition) is 1. The summed E-state index contributed by atoms with van der Waals surface area (Å²) in [5, 5.41) is 7.87. The smallest absolute Gasteiger partial charge is 0.245 e. The number of aryl methyl sites for hydroxylation is 1. The van der Waals surface area contributed by atoms with Crippen LogP contribution >= 0.6 is 0 Å². The van der Waals surface area contributed by atoms with Gasteiger partial charge in [0.25, 0.3) is 0 Å². The van der Waals surface area contributed by atoms with Crippen molar-refractivity contribution in [1.82, 2.24) is 14.7 Å². The lowest BCUT2D eigenvalue weighted by molar-refractivity contribution is -0.134. The normalized spacial score (nSPS) is 11.6. The van der Waals surface area contributed by atoms with Crippen LogP contribution < -0.4 is 5.32 Å². The predicted molar refractivity (Wildman–Crippen MR) is 168 cm³/mol. The number of unbranched alkanes of at least 4 members (excludes halogenated alkanes) is 11. The quantitative estimate of drug-likeness (QED) is 0.177. The third kappa shape index (κ3) is 12.3. The van der Waals surface area contributed by atoms with E-state index in [-0.39, 0.29) is 23.8 Å². The minimum Gasteiger partial charge on any atom is -0.333 e. The zero-order valence-electron chi connectivity index (χ0n) is 26.4. The SMILES string of the molecule is CCCCCCCCCCCCCC(=O)N(CCCC)CC(=O)Nc1cc(C(C)(C)C)nn1-c1ccc(C)cc1. The van der Waals surface area contributed by atoms with Crippen LogP contribution in [0.5, 0.6) is 0 Å². The molecule has 40 heavy (non-hydrogen) atoms. The lowest BCUT2D eigenvalue weighted by Crippen LogP contribution is -2.38. The van der Waals surface area contributed by atoms with E-state index in [0.29, 0.717) is 18.8 Å². The van der Waals surface area contributed by atoms with Gasteiger partial charge in [0.1, 0.15) is 5.82 Å². The molecule has 2 aromatic rings. The van der Waals surface area contributed by atoms with Crippen molar-refractivity contribution in [3.8, 4) is 5.69 Å². The lowest BCUT2D eigenvalue weighted by atomic mass is 9.92.